The van der Waals surface area contributed by atoms with Crippen LogP contribution in [0.15, 0.2) is 48.5 Å². The summed E-state index contributed by atoms with van der Waals surface area (Å²) in [5.74, 6) is 0.823. The number of pyridine rings is 2. The Morgan fingerprint density at radius 3 is 2.03 bits per heavy atom. The molecule has 0 aliphatic carbocycles. The number of esters is 1. The highest BCUT2D eigenvalue weighted by atomic mass is 35.5. The maximum absolute atomic E-state index is 11.8. The van der Waals surface area contributed by atoms with Crippen LogP contribution in [0.4, 0.5) is 17.2 Å². The first-order valence-corrected chi connectivity index (χ1v) is 12.7. The molecule has 0 spiro atoms. The van der Waals surface area contributed by atoms with E-state index in [1.54, 1.807) is 24.3 Å². The monoisotopic (exact) mass is 545 g/mol. The molecule has 1 saturated heterocycles. The van der Waals surface area contributed by atoms with Crippen LogP contribution in [0.5, 0.6) is 0 Å². The van der Waals surface area contributed by atoms with Gasteiger partial charge in [0.1, 0.15) is 11.0 Å². The average Bonchev–Trinajstić information content (AvgIpc) is 2.89. The van der Waals surface area contributed by atoms with E-state index in [9.17, 15) is 4.79 Å². The number of carbonyl (C=O) groups is 1. The molecule has 1 aliphatic heterocycles. The quantitative estimate of drug-likeness (QED) is 0.174. The lowest BCUT2D eigenvalue weighted by atomic mass is 9.97. The molecule has 188 valence electrons. The molecule has 2 aromatic carbocycles. The number of halogens is 3. The zero-order chi connectivity index (χ0) is 25.8. The summed E-state index contributed by atoms with van der Waals surface area (Å²) in [5.41, 5.74) is 14.4. The van der Waals surface area contributed by atoms with Gasteiger partial charge in [-0.2, -0.15) is 0 Å². The first-order valence-electron chi connectivity index (χ1n) is 11.5. The minimum Gasteiger partial charge on any atom is -0.466 e. The van der Waals surface area contributed by atoms with Crippen LogP contribution in [-0.4, -0.2) is 35.6 Å². The number of nitrogens with two attached hydrogens (primary N) is 2. The van der Waals surface area contributed by atoms with E-state index in [-0.39, 0.29) is 11.9 Å². The van der Waals surface area contributed by atoms with Crippen molar-refractivity contribution in [2.75, 3.05) is 36.1 Å². The summed E-state index contributed by atoms with van der Waals surface area (Å²) in [6.45, 7) is 3.87. The third kappa shape index (κ3) is 5.69. The SMILES string of the molecule is CCOC(=O)C1CCN(c2ccc3c(N)c(Cl)ccc3n2)CC1.Nc1c(Cl)ccc2nc(Cl)ccc12. The number of ether oxygens (including phenoxy) is 1. The molecule has 4 N–H and O–H groups in total. The Morgan fingerprint density at radius 1 is 0.889 bits per heavy atom. The summed E-state index contributed by atoms with van der Waals surface area (Å²) in [6.07, 6.45) is 1.59. The van der Waals surface area contributed by atoms with Gasteiger partial charge in [-0.3, -0.25) is 4.79 Å². The van der Waals surface area contributed by atoms with Crippen LogP contribution in [0.1, 0.15) is 19.8 Å². The molecule has 4 aromatic rings. The Bertz CT molecular complexity index is 1410. The van der Waals surface area contributed by atoms with Crippen LogP contribution in [-0.2, 0) is 9.53 Å². The molecule has 5 rings (SSSR count). The van der Waals surface area contributed by atoms with Crippen molar-refractivity contribution in [3.8, 4) is 0 Å². The van der Waals surface area contributed by atoms with Gasteiger partial charge in [0.15, 0.2) is 0 Å². The van der Waals surface area contributed by atoms with Gasteiger partial charge < -0.3 is 21.1 Å². The summed E-state index contributed by atoms with van der Waals surface area (Å²) in [6, 6.07) is 14.6. The third-order valence-electron chi connectivity index (χ3n) is 6.11. The lowest BCUT2D eigenvalue weighted by Gasteiger charge is -2.31. The van der Waals surface area contributed by atoms with Gasteiger partial charge in [-0.25, -0.2) is 9.97 Å². The molecule has 0 atom stereocenters. The van der Waals surface area contributed by atoms with Gasteiger partial charge in [0, 0.05) is 23.9 Å². The zero-order valence-corrected chi connectivity index (χ0v) is 21.9. The second-order valence-electron chi connectivity index (χ2n) is 8.37. The molecule has 0 unspecified atom stereocenters. The van der Waals surface area contributed by atoms with Crippen molar-refractivity contribution < 1.29 is 9.53 Å². The second kappa shape index (κ2) is 11.4. The van der Waals surface area contributed by atoms with Crippen LogP contribution in [0.25, 0.3) is 21.8 Å². The topological polar surface area (TPSA) is 107 Å². The van der Waals surface area contributed by atoms with E-state index >= 15 is 0 Å². The Balaban J connectivity index is 0.000000197. The summed E-state index contributed by atoms with van der Waals surface area (Å²) < 4.78 is 5.10. The summed E-state index contributed by atoms with van der Waals surface area (Å²) >= 11 is 17.6. The highest BCUT2D eigenvalue weighted by Gasteiger charge is 2.26. The molecule has 0 saturated carbocycles. The number of aromatic nitrogens is 2. The molecule has 36 heavy (non-hydrogen) atoms. The third-order valence-corrected chi connectivity index (χ3v) is 6.98. The minimum absolute atomic E-state index is 0.00103. The van der Waals surface area contributed by atoms with Gasteiger partial charge in [-0.1, -0.05) is 34.8 Å². The number of nitrogen functional groups attached to an aromatic ring is 2. The highest BCUT2D eigenvalue weighted by Crippen LogP contribution is 2.31. The predicted molar refractivity (Wildman–Crippen MR) is 149 cm³/mol. The predicted octanol–water partition coefficient (Wildman–Crippen LogP) is 6.37. The lowest BCUT2D eigenvalue weighted by Crippen LogP contribution is -2.37. The Morgan fingerprint density at radius 2 is 1.44 bits per heavy atom. The summed E-state index contributed by atoms with van der Waals surface area (Å²) in [5, 5.41) is 3.23. The van der Waals surface area contributed by atoms with Gasteiger partial charge in [0.2, 0.25) is 0 Å². The number of fused-ring (bicyclic) bond motifs is 2. The minimum atomic E-state index is -0.0824. The largest absolute Gasteiger partial charge is 0.466 e. The van der Waals surface area contributed by atoms with Crippen molar-refractivity contribution in [1.82, 2.24) is 9.97 Å². The van der Waals surface area contributed by atoms with Crippen molar-refractivity contribution in [2.45, 2.75) is 19.8 Å². The second-order valence-corrected chi connectivity index (χ2v) is 9.57. The number of rotatable bonds is 3. The molecular formula is C26H26Cl3N5O2. The number of hydrogen-bond acceptors (Lipinski definition) is 7. The molecule has 1 aliphatic rings. The smallest absolute Gasteiger partial charge is 0.309 e. The number of anilines is 3. The highest BCUT2D eigenvalue weighted by molar-refractivity contribution is 6.35. The maximum Gasteiger partial charge on any atom is 0.309 e. The van der Waals surface area contributed by atoms with E-state index in [4.69, 9.17) is 51.0 Å². The van der Waals surface area contributed by atoms with Crippen LogP contribution >= 0.6 is 34.8 Å². The van der Waals surface area contributed by atoms with Gasteiger partial charge in [-0.05, 0) is 68.3 Å². The van der Waals surface area contributed by atoms with Crippen LogP contribution in [0, 0.1) is 5.92 Å². The molecule has 0 amide bonds. The molecule has 0 bridgehead atoms. The van der Waals surface area contributed by atoms with Gasteiger partial charge in [0.25, 0.3) is 0 Å². The van der Waals surface area contributed by atoms with Crippen LogP contribution < -0.4 is 16.4 Å². The van der Waals surface area contributed by atoms with Crippen molar-refractivity contribution >= 4 is 79.8 Å². The summed E-state index contributed by atoms with van der Waals surface area (Å²) in [4.78, 5) is 22.8. The van der Waals surface area contributed by atoms with Crippen molar-refractivity contribution in [3.05, 3.63) is 63.7 Å². The average molecular weight is 547 g/mol. The lowest BCUT2D eigenvalue weighted by molar-refractivity contribution is -0.148. The van der Waals surface area contributed by atoms with E-state index in [2.05, 4.69) is 14.9 Å². The molecule has 7 nitrogen and oxygen atoms in total. The van der Waals surface area contributed by atoms with E-state index in [1.165, 1.54) is 0 Å². The first kappa shape index (κ1) is 26.1. The van der Waals surface area contributed by atoms with Gasteiger partial charge >= 0.3 is 5.97 Å². The number of hydrogen-bond donors (Lipinski definition) is 2. The van der Waals surface area contributed by atoms with Crippen LogP contribution in [0.3, 0.4) is 0 Å². The summed E-state index contributed by atoms with van der Waals surface area (Å²) in [7, 11) is 0. The molecule has 1 fully saturated rings. The zero-order valence-electron chi connectivity index (χ0n) is 19.7. The molecule has 0 radical (unpaired) electrons. The Labute approximate surface area is 224 Å². The standard InChI is InChI=1S/C17H20ClN3O2.C9H6Cl2N2/c1-2-23-17(22)11-7-9-21(10-8-11)15-6-3-12-14(20-15)5-4-13(18)16(12)19;10-6-2-3-7-5(9(6)12)1-4-8(11)13-7/h3-6,11H,2,7-10,19H2,1H3;1-4H,12H2. The first-order chi connectivity index (χ1) is 17.3. The van der Waals surface area contributed by atoms with E-state index in [1.807, 2.05) is 31.2 Å². The van der Waals surface area contributed by atoms with Gasteiger partial charge in [0.05, 0.1) is 45.0 Å². The fourth-order valence-corrected chi connectivity index (χ4v) is 4.63. The van der Waals surface area contributed by atoms with Crippen molar-refractivity contribution in [1.29, 1.82) is 0 Å². The molecule has 2 aromatic heterocycles. The van der Waals surface area contributed by atoms with Crippen molar-refractivity contribution in [2.24, 2.45) is 5.92 Å². The Kier molecular flexibility index (Phi) is 8.24. The maximum atomic E-state index is 11.8. The van der Waals surface area contributed by atoms with E-state index in [0.717, 1.165) is 53.6 Å². The molecule has 10 heteroatoms. The van der Waals surface area contributed by atoms with Crippen LogP contribution in [0.2, 0.25) is 15.2 Å². The number of benzene rings is 2. The fraction of sp³-hybridized carbons (Fsp3) is 0.269. The number of carbonyl (C=O) groups excluding carboxylic acids is 1. The van der Waals surface area contributed by atoms with E-state index < -0.39 is 0 Å². The molecular weight excluding hydrogens is 521 g/mol. The Hall–Kier alpha value is -3.00. The normalized spacial score (nSPS) is 13.9. The fourth-order valence-electron chi connectivity index (χ4n) is 4.15. The van der Waals surface area contributed by atoms with Crippen molar-refractivity contribution in [3.63, 3.8) is 0 Å². The molecule has 3 heterocycles. The number of nitrogens with zero attached hydrogens (tertiary/aromatic N) is 3. The van der Waals surface area contributed by atoms with Gasteiger partial charge in [-0.15, -0.1) is 0 Å². The number of piperidine rings is 1. The van der Waals surface area contributed by atoms with E-state index in [0.29, 0.717) is 33.2 Å².